The fourth-order valence-corrected chi connectivity index (χ4v) is 1.85. The van der Waals surface area contributed by atoms with Gasteiger partial charge in [-0.1, -0.05) is 23.7 Å². The lowest BCUT2D eigenvalue weighted by Gasteiger charge is -2.04. The molecule has 0 atom stereocenters. The van der Waals surface area contributed by atoms with E-state index in [4.69, 9.17) is 16.0 Å². The van der Waals surface area contributed by atoms with E-state index in [2.05, 4.69) is 5.32 Å². The standard InChI is InChI=1S/C14H14ClNO2/c15-12-4-1-3-11(9-12)6-7-14(17)16-10-13-5-2-8-18-13/h1-5,8-9H,6-7,10H2,(H,16,17). The van der Waals surface area contributed by atoms with Gasteiger partial charge in [-0.05, 0) is 36.2 Å². The van der Waals surface area contributed by atoms with Gasteiger partial charge in [-0.3, -0.25) is 4.79 Å². The van der Waals surface area contributed by atoms with E-state index in [1.54, 1.807) is 12.3 Å². The first-order valence-electron chi connectivity index (χ1n) is 5.77. The molecule has 0 saturated carbocycles. The number of nitrogens with one attached hydrogen (secondary N) is 1. The van der Waals surface area contributed by atoms with E-state index < -0.39 is 0 Å². The zero-order valence-electron chi connectivity index (χ0n) is 9.86. The second-order valence-corrected chi connectivity index (χ2v) is 4.42. The summed E-state index contributed by atoms with van der Waals surface area (Å²) in [5, 5.41) is 3.50. The topological polar surface area (TPSA) is 42.2 Å². The molecule has 0 bridgehead atoms. The number of furan rings is 1. The third-order valence-corrected chi connectivity index (χ3v) is 2.80. The first-order chi connectivity index (χ1) is 8.74. The Balaban J connectivity index is 1.75. The van der Waals surface area contributed by atoms with Crippen LogP contribution < -0.4 is 5.32 Å². The van der Waals surface area contributed by atoms with Gasteiger partial charge in [-0.25, -0.2) is 0 Å². The number of aryl methyl sites for hydroxylation is 1. The lowest BCUT2D eigenvalue weighted by molar-refractivity contribution is -0.121. The van der Waals surface area contributed by atoms with E-state index in [0.717, 1.165) is 11.3 Å². The Morgan fingerprint density at radius 2 is 2.17 bits per heavy atom. The Morgan fingerprint density at radius 1 is 1.28 bits per heavy atom. The van der Waals surface area contributed by atoms with Gasteiger partial charge in [-0.2, -0.15) is 0 Å². The second kappa shape index (κ2) is 6.26. The summed E-state index contributed by atoms with van der Waals surface area (Å²) >= 11 is 5.88. The third kappa shape index (κ3) is 3.93. The summed E-state index contributed by atoms with van der Waals surface area (Å²) in [7, 11) is 0. The highest BCUT2D eigenvalue weighted by Gasteiger charge is 2.03. The molecule has 0 aliphatic rings. The van der Waals surface area contributed by atoms with Crippen molar-refractivity contribution in [3.63, 3.8) is 0 Å². The van der Waals surface area contributed by atoms with Crippen molar-refractivity contribution in [1.82, 2.24) is 5.32 Å². The van der Waals surface area contributed by atoms with Gasteiger partial charge >= 0.3 is 0 Å². The molecule has 1 amide bonds. The third-order valence-electron chi connectivity index (χ3n) is 2.57. The number of hydrogen-bond donors (Lipinski definition) is 1. The number of carbonyl (C=O) groups is 1. The van der Waals surface area contributed by atoms with Crippen LogP contribution in [0.1, 0.15) is 17.7 Å². The molecule has 4 heteroatoms. The minimum Gasteiger partial charge on any atom is -0.467 e. The van der Waals surface area contributed by atoms with Crippen molar-refractivity contribution in [3.8, 4) is 0 Å². The van der Waals surface area contributed by atoms with E-state index in [9.17, 15) is 4.79 Å². The number of amides is 1. The van der Waals surface area contributed by atoms with Gasteiger partial charge in [0.05, 0.1) is 12.8 Å². The highest BCUT2D eigenvalue weighted by molar-refractivity contribution is 6.30. The number of rotatable bonds is 5. The molecule has 2 rings (SSSR count). The summed E-state index contributed by atoms with van der Waals surface area (Å²) in [5.41, 5.74) is 1.07. The van der Waals surface area contributed by atoms with Crippen molar-refractivity contribution in [1.29, 1.82) is 0 Å². The maximum Gasteiger partial charge on any atom is 0.220 e. The molecule has 0 aliphatic carbocycles. The Hall–Kier alpha value is -1.74. The SMILES string of the molecule is O=C(CCc1cccc(Cl)c1)NCc1ccco1. The highest BCUT2D eigenvalue weighted by atomic mass is 35.5. The van der Waals surface area contributed by atoms with E-state index in [0.29, 0.717) is 24.4 Å². The van der Waals surface area contributed by atoms with E-state index in [1.165, 1.54) is 0 Å². The van der Waals surface area contributed by atoms with Gasteiger partial charge in [0.25, 0.3) is 0 Å². The van der Waals surface area contributed by atoms with Crippen LogP contribution in [0.3, 0.4) is 0 Å². The average Bonchev–Trinajstić information content (AvgIpc) is 2.87. The van der Waals surface area contributed by atoms with Gasteiger partial charge in [-0.15, -0.1) is 0 Å². The van der Waals surface area contributed by atoms with Crippen LogP contribution >= 0.6 is 11.6 Å². The molecule has 0 spiro atoms. The van der Waals surface area contributed by atoms with Gasteiger partial charge in [0.15, 0.2) is 0 Å². The monoisotopic (exact) mass is 263 g/mol. The fraction of sp³-hybridized carbons (Fsp3) is 0.214. The van der Waals surface area contributed by atoms with Crippen LogP contribution in [0.15, 0.2) is 47.1 Å². The quantitative estimate of drug-likeness (QED) is 0.900. The maximum absolute atomic E-state index is 11.6. The van der Waals surface area contributed by atoms with Crippen LogP contribution in [0.4, 0.5) is 0 Å². The molecule has 94 valence electrons. The van der Waals surface area contributed by atoms with Crippen LogP contribution in [0.2, 0.25) is 5.02 Å². The molecule has 2 aromatic rings. The van der Waals surface area contributed by atoms with Crippen LogP contribution in [-0.4, -0.2) is 5.91 Å². The van der Waals surface area contributed by atoms with E-state index in [-0.39, 0.29) is 5.91 Å². The Kier molecular flexibility index (Phi) is 4.42. The van der Waals surface area contributed by atoms with Crippen molar-refractivity contribution in [2.45, 2.75) is 19.4 Å². The second-order valence-electron chi connectivity index (χ2n) is 3.99. The van der Waals surface area contributed by atoms with Crippen molar-refractivity contribution >= 4 is 17.5 Å². The summed E-state index contributed by atoms with van der Waals surface area (Å²) in [6.07, 6.45) is 2.72. The first-order valence-corrected chi connectivity index (χ1v) is 6.15. The molecule has 0 saturated heterocycles. The molecular weight excluding hydrogens is 250 g/mol. The molecule has 18 heavy (non-hydrogen) atoms. The van der Waals surface area contributed by atoms with Crippen LogP contribution in [0.5, 0.6) is 0 Å². The molecule has 1 aromatic heterocycles. The lowest BCUT2D eigenvalue weighted by atomic mass is 10.1. The van der Waals surface area contributed by atoms with Crippen molar-refractivity contribution in [2.24, 2.45) is 0 Å². The van der Waals surface area contributed by atoms with Crippen molar-refractivity contribution < 1.29 is 9.21 Å². The predicted octanol–water partition coefficient (Wildman–Crippen LogP) is 3.18. The molecule has 0 fully saturated rings. The molecular formula is C14H14ClNO2. The Bertz CT molecular complexity index is 508. The normalized spacial score (nSPS) is 10.3. The Morgan fingerprint density at radius 3 is 2.89 bits per heavy atom. The minimum atomic E-state index is 0.00590. The molecule has 3 nitrogen and oxygen atoms in total. The Labute approximate surface area is 111 Å². The zero-order valence-corrected chi connectivity index (χ0v) is 10.6. The highest BCUT2D eigenvalue weighted by Crippen LogP contribution is 2.12. The van der Waals surface area contributed by atoms with Crippen LogP contribution in [0.25, 0.3) is 0 Å². The van der Waals surface area contributed by atoms with Crippen molar-refractivity contribution in [3.05, 3.63) is 59.0 Å². The largest absolute Gasteiger partial charge is 0.467 e. The van der Waals surface area contributed by atoms with Crippen LogP contribution in [0, 0.1) is 0 Å². The van der Waals surface area contributed by atoms with E-state index in [1.807, 2.05) is 30.3 Å². The summed E-state index contributed by atoms with van der Waals surface area (Å²) < 4.78 is 5.13. The summed E-state index contributed by atoms with van der Waals surface area (Å²) in [6, 6.07) is 11.2. The summed E-state index contributed by atoms with van der Waals surface area (Å²) in [4.78, 5) is 11.6. The van der Waals surface area contributed by atoms with Gasteiger partial charge in [0, 0.05) is 11.4 Å². The molecule has 0 radical (unpaired) electrons. The average molecular weight is 264 g/mol. The maximum atomic E-state index is 11.6. The number of halogens is 1. The number of carbonyl (C=O) groups excluding carboxylic acids is 1. The first kappa shape index (κ1) is 12.7. The number of hydrogen-bond acceptors (Lipinski definition) is 2. The predicted molar refractivity (Wildman–Crippen MR) is 70.3 cm³/mol. The molecule has 0 aliphatic heterocycles. The molecule has 1 N–H and O–H groups in total. The fourth-order valence-electron chi connectivity index (χ4n) is 1.64. The smallest absolute Gasteiger partial charge is 0.220 e. The lowest BCUT2D eigenvalue weighted by Crippen LogP contribution is -2.22. The molecule has 1 heterocycles. The number of benzene rings is 1. The summed E-state index contributed by atoms with van der Waals surface area (Å²) in [5.74, 6) is 0.762. The van der Waals surface area contributed by atoms with E-state index >= 15 is 0 Å². The van der Waals surface area contributed by atoms with Gasteiger partial charge in [0.1, 0.15) is 5.76 Å². The summed E-state index contributed by atoms with van der Waals surface area (Å²) in [6.45, 7) is 0.432. The van der Waals surface area contributed by atoms with Gasteiger partial charge in [0.2, 0.25) is 5.91 Å². The van der Waals surface area contributed by atoms with Crippen molar-refractivity contribution in [2.75, 3.05) is 0 Å². The zero-order chi connectivity index (χ0) is 12.8. The van der Waals surface area contributed by atoms with Gasteiger partial charge < -0.3 is 9.73 Å². The molecule has 1 aromatic carbocycles. The van der Waals surface area contributed by atoms with Crippen LogP contribution in [-0.2, 0) is 17.8 Å². The minimum absolute atomic E-state index is 0.00590. The molecule has 0 unspecified atom stereocenters.